The van der Waals surface area contributed by atoms with Crippen LogP contribution in [-0.4, -0.2) is 55.1 Å². The summed E-state index contributed by atoms with van der Waals surface area (Å²) < 4.78 is 7.86. The summed E-state index contributed by atoms with van der Waals surface area (Å²) in [5.74, 6) is 0.676. The van der Waals surface area contributed by atoms with Crippen LogP contribution in [0.15, 0.2) is 63.9 Å². The van der Waals surface area contributed by atoms with E-state index < -0.39 is 0 Å². The Kier molecular flexibility index (Phi) is 7.29. The molecule has 1 aromatic heterocycles. The fraction of sp³-hybridized carbons (Fsp3) is 0.345. The molecule has 5 rings (SSSR count). The highest BCUT2D eigenvalue weighted by Crippen LogP contribution is 2.39. The molecule has 198 valence electrons. The second-order valence-corrected chi connectivity index (χ2v) is 10.8. The second-order valence-electron chi connectivity index (χ2n) is 9.95. The molecular formula is C29H31BrN4O4. The smallest absolute Gasteiger partial charge is 0.257 e. The number of rotatable bonds is 6. The molecule has 9 heteroatoms. The number of halogens is 1. The monoisotopic (exact) mass is 578 g/mol. The summed E-state index contributed by atoms with van der Waals surface area (Å²) in [6, 6.07) is 16.2. The average Bonchev–Trinajstić information content (AvgIpc) is 2.92. The molecule has 0 unspecified atom stereocenters. The summed E-state index contributed by atoms with van der Waals surface area (Å²) in [5.41, 5.74) is 3.47. The van der Waals surface area contributed by atoms with E-state index in [2.05, 4.69) is 26.1 Å². The van der Waals surface area contributed by atoms with E-state index in [4.69, 9.17) is 4.74 Å². The van der Waals surface area contributed by atoms with Crippen LogP contribution in [0.4, 0.5) is 11.4 Å². The largest absolute Gasteiger partial charge is 0.497 e. The van der Waals surface area contributed by atoms with Crippen molar-refractivity contribution < 1.29 is 14.3 Å². The quantitative estimate of drug-likeness (QED) is 0.462. The Bertz CT molecular complexity index is 1450. The summed E-state index contributed by atoms with van der Waals surface area (Å²) in [4.78, 5) is 42.8. The Morgan fingerprint density at radius 2 is 1.92 bits per heavy atom. The van der Waals surface area contributed by atoms with Crippen molar-refractivity contribution in [3.05, 3.63) is 86.2 Å². The van der Waals surface area contributed by atoms with Gasteiger partial charge in [0.25, 0.3) is 17.4 Å². The van der Waals surface area contributed by atoms with Gasteiger partial charge in [0.2, 0.25) is 0 Å². The number of carbonyl (C=O) groups excluding carboxylic acids is 2. The lowest BCUT2D eigenvalue weighted by molar-refractivity contribution is 0.0802. The predicted octanol–water partition coefficient (Wildman–Crippen LogP) is 4.59. The molecule has 1 fully saturated rings. The van der Waals surface area contributed by atoms with Crippen LogP contribution >= 0.6 is 15.9 Å². The third kappa shape index (κ3) is 4.95. The molecule has 0 saturated carbocycles. The Hall–Kier alpha value is -3.59. The van der Waals surface area contributed by atoms with Crippen LogP contribution < -0.4 is 20.5 Å². The van der Waals surface area contributed by atoms with Gasteiger partial charge in [0.05, 0.1) is 24.0 Å². The Morgan fingerprint density at radius 1 is 1.11 bits per heavy atom. The minimum absolute atomic E-state index is 0.0466. The second kappa shape index (κ2) is 10.6. The number of hydrogen-bond acceptors (Lipinski definition) is 5. The molecule has 0 aliphatic carbocycles. The third-order valence-electron chi connectivity index (χ3n) is 7.55. The van der Waals surface area contributed by atoms with E-state index in [9.17, 15) is 14.4 Å². The number of ether oxygens (including phenoxy) is 1. The number of nitrogens with one attached hydrogen (secondary N) is 1. The highest BCUT2D eigenvalue weighted by Gasteiger charge is 2.35. The van der Waals surface area contributed by atoms with E-state index in [1.165, 1.54) is 0 Å². The van der Waals surface area contributed by atoms with Gasteiger partial charge in [0.1, 0.15) is 5.75 Å². The molecule has 2 bridgehead atoms. The van der Waals surface area contributed by atoms with Gasteiger partial charge >= 0.3 is 0 Å². The standard InChI is InChI=1S/C29H31BrN4O4/c1-4-32(2)29(37)19-8-11-26(24(13-19)31-28(36)22-14-21(38-3)9-10-23(22)30)33-15-18-12-20(17-33)25-6-5-7-27(35)34(25)16-18/h5-11,13-14,18,20H,4,12,15-17H2,1-3H3,(H,31,36)/t18-,20+/m1/s1. The molecule has 1 N–H and O–H groups in total. The number of piperidine rings is 1. The van der Waals surface area contributed by atoms with Crippen LogP contribution in [0.2, 0.25) is 0 Å². The number of amides is 2. The lowest BCUT2D eigenvalue weighted by atomic mass is 9.83. The summed E-state index contributed by atoms with van der Waals surface area (Å²) in [7, 11) is 3.31. The van der Waals surface area contributed by atoms with Crippen LogP contribution in [0.5, 0.6) is 5.75 Å². The molecular weight excluding hydrogens is 548 g/mol. The Labute approximate surface area is 230 Å². The number of pyridine rings is 1. The molecule has 0 spiro atoms. The minimum atomic E-state index is -0.306. The number of anilines is 2. The molecule has 0 radical (unpaired) electrons. The van der Waals surface area contributed by atoms with Gasteiger partial charge in [0, 0.05) is 60.9 Å². The fourth-order valence-corrected chi connectivity index (χ4v) is 5.92. The first-order valence-corrected chi connectivity index (χ1v) is 13.6. The Balaban J connectivity index is 1.51. The maximum Gasteiger partial charge on any atom is 0.257 e. The van der Waals surface area contributed by atoms with Gasteiger partial charge in [0.15, 0.2) is 0 Å². The zero-order valence-corrected chi connectivity index (χ0v) is 23.3. The lowest BCUT2D eigenvalue weighted by Gasteiger charge is -2.44. The molecule has 1 saturated heterocycles. The number of hydrogen-bond donors (Lipinski definition) is 1. The first-order valence-electron chi connectivity index (χ1n) is 12.8. The SMILES string of the molecule is CCN(C)C(=O)c1ccc(N2C[C@H]3C[C@@H](C2)c2cccc(=O)n2C3)c(NC(=O)c2cc(OC)ccc2Br)c1. The third-order valence-corrected chi connectivity index (χ3v) is 8.24. The molecule has 3 aromatic rings. The summed E-state index contributed by atoms with van der Waals surface area (Å²) >= 11 is 3.47. The average molecular weight is 579 g/mol. The van der Waals surface area contributed by atoms with Crippen molar-refractivity contribution in [1.82, 2.24) is 9.47 Å². The van der Waals surface area contributed by atoms with Crippen molar-refractivity contribution in [3.8, 4) is 5.75 Å². The molecule has 2 aliphatic rings. The van der Waals surface area contributed by atoms with Gasteiger partial charge in [-0.05, 0) is 77.7 Å². The highest BCUT2D eigenvalue weighted by atomic mass is 79.9. The zero-order chi connectivity index (χ0) is 27.0. The first-order chi connectivity index (χ1) is 18.3. The molecule has 2 atom stereocenters. The molecule has 8 nitrogen and oxygen atoms in total. The molecule has 3 heterocycles. The number of methoxy groups -OCH3 is 1. The highest BCUT2D eigenvalue weighted by molar-refractivity contribution is 9.10. The van der Waals surface area contributed by atoms with Gasteiger partial charge in [-0.2, -0.15) is 0 Å². The number of aromatic nitrogens is 1. The van der Waals surface area contributed by atoms with E-state index >= 15 is 0 Å². The van der Waals surface area contributed by atoms with Crippen LogP contribution in [0.1, 0.15) is 45.7 Å². The van der Waals surface area contributed by atoms with Crippen molar-refractivity contribution in [3.63, 3.8) is 0 Å². The summed E-state index contributed by atoms with van der Waals surface area (Å²) in [6.07, 6.45) is 1.02. The van der Waals surface area contributed by atoms with E-state index in [0.717, 1.165) is 24.3 Å². The van der Waals surface area contributed by atoms with E-state index in [1.54, 1.807) is 49.4 Å². The summed E-state index contributed by atoms with van der Waals surface area (Å²) in [5, 5.41) is 3.07. The van der Waals surface area contributed by atoms with Crippen molar-refractivity contribution in [1.29, 1.82) is 0 Å². The van der Waals surface area contributed by atoms with Crippen molar-refractivity contribution in [2.75, 3.05) is 44.0 Å². The van der Waals surface area contributed by atoms with Gasteiger partial charge in [-0.1, -0.05) is 6.07 Å². The zero-order valence-electron chi connectivity index (χ0n) is 21.7. The summed E-state index contributed by atoms with van der Waals surface area (Å²) in [6.45, 7) is 4.65. The normalized spacial score (nSPS) is 17.9. The van der Waals surface area contributed by atoms with Crippen molar-refractivity contribution in [2.45, 2.75) is 25.8 Å². The molecule has 2 amide bonds. The topological polar surface area (TPSA) is 83.9 Å². The van der Waals surface area contributed by atoms with Crippen LogP contribution in [0, 0.1) is 5.92 Å². The van der Waals surface area contributed by atoms with Gasteiger partial charge in [-0.15, -0.1) is 0 Å². The van der Waals surface area contributed by atoms with E-state index in [1.807, 2.05) is 35.8 Å². The van der Waals surface area contributed by atoms with E-state index in [-0.39, 0.29) is 23.3 Å². The van der Waals surface area contributed by atoms with Crippen molar-refractivity contribution in [2.24, 2.45) is 5.92 Å². The number of fused-ring (bicyclic) bond motifs is 4. The lowest BCUT2D eigenvalue weighted by Crippen LogP contribution is -2.47. The maximum atomic E-state index is 13.5. The van der Waals surface area contributed by atoms with Crippen molar-refractivity contribution >= 4 is 39.1 Å². The Morgan fingerprint density at radius 3 is 2.68 bits per heavy atom. The van der Waals surface area contributed by atoms with Gasteiger partial charge < -0.3 is 24.4 Å². The minimum Gasteiger partial charge on any atom is -0.497 e. The van der Waals surface area contributed by atoms with Crippen LogP contribution in [0.25, 0.3) is 0 Å². The molecule has 38 heavy (non-hydrogen) atoms. The molecule has 2 aliphatic heterocycles. The number of nitrogens with zero attached hydrogens (tertiary/aromatic N) is 3. The molecule has 2 aromatic carbocycles. The number of carbonyl (C=O) groups is 2. The number of benzene rings is 2. The van der Waals surface area contributed by atoms with Gasteiger partial charge in [-0.3, -0.25) is 14.4 Å². The maximum absolute atomic E-state index is 13.5. The first kappa shape index (κ1) is 26.0. The predicted molar refractivity (Wildman–Crippen MR) is 151 cm³/mol. The van der Waals surface area contributed by atoms with Crippen LogP contribution in [0.3, 0.4) is 0 Å². The van der Waals surface area contributed by atoms with Gasteiger partial charge in [-0.25, -0.2) is 0 Å². The fourth-order valence-electron chi connectivity index (χ4n) is 5.50. The van der Waals surface area contributed by atoms with E-state index in [0.29, 0.717) is 52.6 Å². The van der Waals surface area contributed by atoms with Crippen LogP contribution in [-0.2, 0) is 6.54 Å².